The fourth-order valence-corrected chi connectivity index (χ4v) is 3.54. The van der Waals surface area contributed by atoms with Gasteiger partial charge in [-0.3, -0.25) is 0 Å². The Bertz CT molecular complexity index is 205. The van der Waals surface area contributed by atoms with E-state index in [0.29, 0.717) is 11.7 Å². The van der Waals surface area contributed by atoms with Crippen molar-refractivity contribution in [2.75, 3.05) is 5.75 Å². The van der Waals surface area contributed by atoms with E-state index in [4.69, 9.17) is 0 Å². The van der Waals surface area contributed by atoms with Crippen LogP contribution in [0, 0.1) is 5.92 Å². The zero-order valence-electron chi connectivity index (χ0n) is 7.00. The highest BCUT2D eigenvalue weighted by atomic mass is 32.2. The van der Waals surface area contributed by atoms with Gasteiger partial charge in [0.25, 0.3) is 0 Å². The molecule has 66 valence electrons. The Hall–Kier alpha value is -0.0900. The Kier molecular flexibility index (Phi) is 2.54. The first-order chi connectivity index (χ1) is 5.09. The third-order valence-corrected chi connectivity index (χ3v) is 3.83. The lowest BCUT2D eigenvalue weighted by Crippen LogP contribution is -2.27. The molecule has 0 saturated carbocycles. The van der Waals surface area contributed by atoms with Gasteiger partial charge in [0.2, 0.25) is 10.0 Å². The molecule has 0 unspecified atom stereocenters. The van der Waals surface area contributed by atoms with Gasteiger partial charge in [-0.15, -0.1) is 0 Å². The van der Waals surface area contributed by atoms with Crippen LogP contribution in [-0.2, 0) is 10.0 Å². The topological polar surface area (TPSA) is 46.2 Å². The van der Waals surface area contributed by atoms with Crippen molar-refractivity contribution in [2.24, 2.45) is 5.92 Å². The van der Waals surface area contributed by atoms with Crippen molar-refractivity contribution in [1.82, 2.24) is 4.72 Å². The molecule has 3 nitrogen and oxygen atoms in total. The van der Waals surface area contributed by atoms with Crippen molar-refractivity contribution in [3.05, 3.63) is 0 Å². The summed E-state index contributed by atoms with van der Waals surface area (Å²) in [5, 5.41) is 0. The molecule has 0 radical (unpaired) electrons. The van der Waals surface area contributed by atoms with Gasteiger partial charge in [0.1, 0.15) is 0 Å². The summed E-state index contributed by atoms with van der Waals surface area (Å²) in [6.07, 6.45) is 1.85. The minimum atomic E-state index is -2.92. The maximum atomic E-state index is 11.1. The van der Waals surface area contributed by atoms with Crippen LogP contribution >= 0.6 is 0 Å². The summed E-state index contributed by atoms with van der Waals surface area (Å²) in [6, 6.07) is 0.185. The summed E-state index contributed by atoms with van der Waals surface area (Å²) in [7, 11) is -2.92. The standard InChI is InChI=1S/C7H15NO2S/c1-3-6-5-11(9,10)8-7(6)4-2/h6-8H,3-5H2,1-2H3/t6-,7-/m0/s1. The smallest absolute Gasteiger partial charge is 0.212 e. The van der Waals surface area contributed by atoms with Crippen LogP contribution in [0.15, 0.2) is 0 Å². The Morgan fingerprint density at radius 2 is 2.00 bits per heavy atom. The third-order valence-electron chi connectivity index (χ3n) is 2.30. The molecule has 0 aliphatic carbocycles. The van der Waals surface area contributed by atoms with Gasteiger partial charge in [-0.25, -0.2) is 13.1 Å². The quantitative estimate of drug-likeness (QED) is 0.675. The highest BCUT2D eigenvalue weighted by Crippen LogP contribution is 2.21. The molecule has 1 rings (SSSR count). The molecular weight excluding hydrogens is 162 g/mol. The van der Waals surface area contributed by atoms with Crippen LogP contribution in [0.5, 0.6) is 0 Å². The van der Waals surface area contributed by atoms with Gasteiger partial charge in [0.05, 0.1) is 5.75 Å². The number of sulfonamides is 1. The van der Waals surface area contributed by atoms with Crippen molar-refractivity contribution in [3.63, 3.8) is 0 Å². The molecule has 11 heavy (non-hydrogen) atoms. The third kappa shape index (κ3) is 1.93. The maximum Gasteiger partial charge on any atom is 0.212 e. The fourth-order valence-electron chi connectivity index (χ4n) is 1.59. The van der Waals surface area contributed by atoms with Gasteiger partial charge in [-0.05, 0) is 12.3 Å². The van der Waals surface area contributed by atoms with E-state index >= 15 is 0 Å². The van der Waals surface area contributed by atoms with E-state index in [0.717, 1.165) is 12.8 Å². The fraction of sp³-hybridized carbons (Fsp3) is 1.00. The van der Waals surface area contributed by atoms with Gasteiger partial charge in [-0.1, -0.05) is 20.3 Å². The Morgan fingerprint density at radius 1 is 1.36 bits per heavy atom. The predicted octanol–water partition coefficient (Wildman–Crippen LogP) is 0.724. The molecule has 0 amide bonds. The Labute approximate surface area is 68.2 Å². The molecule has 0 aromatic heterocycles. The predicted molar refractivity (Wildman–Crippen MR) is 44.8 cm³/mol. The van der Waals surface area contributed by atoms with Crippen LogP contribution in [-0.4, -0.2) is 20.2 Å². The van der Waals surface area contributed by atoms with E-state index in [2.05, 4.69) is 4.72 Å². The van der Waals surface area contributed by atoms with Crippen LogP contribution in [0.2, 0.25) is 0 Å². The molecule has 4 heteroatoms. The Morgan fingerprint density at radius 3 is 2.36 bits per heavy atom. The molecule has 0 aromatic carbocycles. The SMILES string of the molecule is CC[C@H]1CS(=O)(=O)N[C@H]1CC. The average Bonchev–Trinajstić information content (AvgIpc) is 2.25. The molecule has 1 heterocycles. The second kappa shape index (κ2) is 3.11. The number of hydrogen-bond donors (Lipinski definition) is 1. The van der Waals surface area contributed by atoms with Gasteiger partial charge in [0.15, 0.2) is 0 Å². The Balaban J connectivity index is 2.70. The normalized spacial score (nSPS) is 35.8. The lowest BCUT2D eigenvalue weighted by atomic mass is 9.98. The zero-order chi connectivity index (χ0) is 8.48. The van der Waals surface area contributed by atoms with Crippen LogP contribution in [0.4, 0.5) is 0 Å². The van der Waals surface area contributed by atoms with Gasteiger partial charge >= 0.3 is 0 Å². The minimum absolute atomic E-state index is 0.185. The maximum absolute atomic E-state index is 11.1. The summed E-state index contributed by atoms with van der Waals surface area (Å²) in [5.74, 6) is 0.646. The first kappa shape index (κ1) is 9.00. The minimum Gasteiger partial charge on any atom is -0.212 e. The van der Waals surface area contributed by atoms with E-state index < -0.39 is 10.0 Å². The van der Waals surface area contributed by atoms with Crippen molar-refractivity contribution in [3.8, 4) is 0 Å². The number of nitrogens with one attached hydrogen (secondary N) is 1. The molecular formula is C7H15NO2S. The first-order valence-electron chi connectivity index (χ1n) is 4.09. The molecule has 1 N–H and O–H groups in total. The van der Waals surface area contributed by atoms with Gasteiger partial charge in [0, 0.05) is 6.04 Å². The molecule has 1 saturated heterocycles. The summed E-state index contributed by atoms with van der Waals surface area (Å²) < 4.78 is 24.8. The lowest BCUT2D eigenvalue weighted by molar-refractivity contribution is 0.440. The van der Waals surface area contributed by atoms with Crippen molar-refractivity contribution in [2.45, 2.75) is 32.7 Å². The van der Waals surface area contributed by atoms with E-state index in [1.54, 1.807) is 0 Å². The van der Waals surface area contributed by atoms with E-state index in [9.17, 15) is 8.42 Å². The number of rotatable bonds is 2. The van der Waals surface area contributed by atoms with Crippen LogP contribution in [0.25, 0.3) is 0 Å². The average molecular weight is 177 g/mol. The van der Waals surface area contributed by atoms with Crippen LogP contribution < -0.4 is 4.72 Å². The van der Waals surface area contributed by atoms with Gasteiger partial charge < -0.3 is 0 Å². The monoisotopic (exact) mass is 177 g/mol. The zero-order valence-corrected chi connectivity index (χ0v) is 7.82. The number of hydrogen-bond acceptors (Lipinski definition) is 2. The molecule has 1 aliphatic heterocycles. The lowest BCUT2D eigenvalue weighted by Gasteiger charge is -2.12. The van der Waals surface area contributed by atoms with E-state index in [1.165, 1.54) is 0 Å². The van der Waals surface area contributed by atoms with E-state index in [-0.39, 0.29) is 6.04 Å². The van der Waals surface area contributed by atoms with E-state index in [1.807, 2.05) is 13.8 Å². The largest absolute Gasteiger partial charge is 0.212 e. The summed E-state index contributed by atoms with van der Waals surface area (Å²) >= 11 is 0. The molecule has 2 atom stereocenters. The highest BCUT2D eigenvalue weighted by molar-refractivity contribution is 7.89. The van der Waals surface area contributed by atoms with Crippen molar-refractivity contribution < 1.29 is 8.42 Å². The van der Waals surface area contributed by atoms with Crippen molar-refractivity contribution >= 4 is 10.0 Å². The second-order valence-corrected chi connectivity index (χ2v) is 4.88. The summed E-state index contributed by atoms with van der Waals surface area (Å²) in [5.41, 5.74) is 0. The van der Waals surface area contributed by atoms with Crippen molar-refractivity contribution in [1.29, 1.82) is 0 Å². The van der Waals surface area contributed by atoms with Gasteiger partial charge in [-0.2, -0.15) is 0 Å². The second-order valence-electron chi connectivity index (χ2n) is 3.08. The molecule has 1 aliphatic rings. The first-order valence-corrected chi connectivity index (χ1v) is 5.74. The summed E-state index contributed by atoms with van der Waals surface area (Å²) in [6.45, 7) is 4.05. The molecule has 0 spiro atoms. The summed E-state index contributed by atoms with van der Waals surface area (Å²) in [4.78, 5) is 0. The van der Waals surface area contributed by atoms with Crippen LogP contribution in [0.3, 0.4) is 0 Å². The molecule has 0 aromatic rings. The molecule has 0 bridgehead atoms. The van der Waals surface area contributed by atoms with Crippen LogP contribution in [0.1, 0.15) is 26.7 Å². The highest BCUT2D eigenvalue weighted by Gasteiger charge is 2.33. The molecule has 1 fully saturated rings.